The van der Waals surface area contributed by atoms with E-state index >= 15 is 0 Å². The topological polar surface area (TPSA) is 61.6 Å². The summed E-state index contributed by atoms with van der Waals surface area (Å²) in [6.07, 6.45) is 2.90. The maximum Gasteiger partial charge on any atom is 0.162 e. The van der Waals surface area contributed by atoms with E-state index in [-0.39, 0.29) is 5.41 Å². The Hall–Kier alpha value is -2.32. The van der Waals surface area contributed by atoms with Crippen molar-refractivity contribution in [1.29, 1.82) is 0 Å². The minimum absolute atomic E-state index is 0.145. The summed E-state index contributed by atoms with van der Waals surface area (Å²) in [4.78, 5) is 12.3. The lowest BCUT2D eigenvalue weighted by Gasteiger charge is -2.42. The van der Waals surface area contributed by atoms with E-state index in [0.29, 0.717) is 26.4 Å². The normalized spacial score (nSPS) is 19.9. The molecule has 2 aliphatic heterocycles. The molecule has 0 N–H and O–H groups in total. The number of imidazole rings is 1. The Labute approximate surface area is 202 Å². The van der Waals surface area contributed by atoms with Crippen molar-refractivity contribution >= 4 is 11.0 Å². The van der Waals surface area contributed by atoms with Crippen LogP contribution in [0.3, 0.4) is 0 Å². The van der Waals surface area contributed by atoms with Crippen LogP contribution in [0.4, 0.5) is 0 Å². The summed E-state index contributed by atoms with van der Waals surface area (Å²) in [6, 6.07) is 10.7. The van der Waals surface area contributed by atoms with E-state index in [1.54, 1.807) is 0 Å². The summed E-state index contributed by atoms with van der Waals surface area (Å²) < 4.78 is 20.2. The molecule has 0 amide bonds. The van der Waals surface area contributed by atoms with E-state index in [4.69, 9.17) is 24.2 Å². The van der Waals surface area contributed by atoms with Crippen molar-refractivity contribution in [2.45, 2.75) is 66.1 Å². The number of pyridine rings is 1. The first-order valence-corrected chi connectivity index (χ1v) is 12.3. The molecule has 5 rings (SSSR count). The second-order valence-electron chi connectivity index (χ2n) is 10.4. The van der Waals surface area contributed by atoms with Crippen LogP contribution in [0.15, 0.2) is 36.5 Å². The van der Waals surface area contributed by atoms with Crippen molar-refractivity contribution in [2.75, 3.05) is 26.4 Å². The summed E-state index contributed by atoms with van der Waals surface area (Å²) >= 11 is 0. The molecule has 1 saturated heterocycles. The van der Waals surface area contributed by atoms with Crippen LogP contribution < -0.4 is 0 Å². The fraction of sp³-hybridized carbons (Fsp3) is 0.556. The molecule has 7 heteroatoms. The van der Waals surface area contributed by atoms with Crippen molar-refractivity contribution < 1.29 is 14.2 Å². The second kappa shape index (κ2) is 9.38. The minimum Gasteiger partial charge on any atom is -0.374 e. The van der Waals surface area contributed by atoms with Gasteiger partial charge >= 0.3 is 0 Å². The average Bonchev–Trinajstić information content (AvgIpc) is 3.17. The van der Waals surface area contributed by atoms with E-state index in [1.807, 2.05) is 27.0 Å². The largest absolute Gasteiger partial charge is 0.374 e. The van der Waals surface area contributed by atoms with Gasteiger partial charge in [-0.3, -0.25) is 9.88 Å². The van der Waals surface area contributed by atoms with Crippen LogP contribution in [-0.2, 0) is 46.9 Å². The lowest BCUT2D eigenvalue weighted by Crippen LogP contribution is -2.47. The Morgan fingerprint density at radius 3 is 2.59 bits per heavy atom. The molecule has 2 aliphatic rings. The zero-order valence-corrected chi connectivity index (χ0v) is 20.8. The molecule has 0 radical (unpaired) electrons. The Kier molecular flexibility index (Phi) is 6.46. The summed E-state index contributed by atoms with van der Waals surface area (Å²) in [7, 11) is 0. The van der Waals surface area contributed by atoms with Gasteiger partial charge in [-0.1, -0.05) is 37.3 Å². The highest BCUT2D eigenvalue weighted by atomic mass is 16.7. The van der Waals surface area contributed by atoms with Gasteiger partial charge < -0.3 is 18.8 Å². The summed E-state index contributed by atoms with van der Waals surface area (Å²) in [5.74, 6) is 0.417. The van der Waals surface area contributed by atoms with Crippen LogP contribution in [0.1, 0.15) is 50.3 Å². The molecular formula is C27H36N4O3. The molecule has 2 aromatic heterocycles. The lowest BCUT2D eigenvalue weighted by molar-refractivity contribution is -0.284. The van der Waals surface area contributed by atoms with Gasteiger partial charge in [-0.2, -0.15) is 0 Å². The van der Waals surface area contributed by atoms with Crippen LogP contribution in [0.2, 0.25) is 0 Å². The van der Waals surface area contributed by atoms with Crippen LogP contribution in [0, 0.1) is 5.41 Å². The van der Waals surface area contributed by atoms with Gasteiger partial charge in [-0.25, -0.2) is 4.98 Å². The molecule has 0 unspecified atom stereocenters. The molecule has 0 spiro atoms. The van der Waals surface area contributed by atoms with Crippen LogP contribution in [0.5, 0.6) is 0 Å². The third-order valence-electron chi connectivity index (χ3n) is 6.86. The maximum atomic E-state index is 6.04. The Morgan fingerprint density at radius 1 is 1.09 bits per heavy atom. The lowest BCUT2D eigenvalue weighted by atomic mass is 9.91. The molecular weight excluding hydrogens is 428 g/mol. The summed E-state index contributed by atoms with van der Waals surface area (Å²) in [5, 5.41) is 0. The fourth-order valence-corrected chi connectivity index (χ4v) is 4.94. The van der Waals surface area contributed by atoms with Gasteiger partial charge in [-0.05, 0) is 32.8 Å². The molecule has 3 aromatic rings. The predicted octanol–water partition coefficient (Wildman–Crippen LogP) is 4.32. The van der Waals surface area contributed by atoms with Gasteiger partial charge in [0, 0.05) is 43.8 Å². The number of hydrogen-bond acceptors (Lipinski definition) is 6. The summed E-state index contributed by atoms with van der Waals surface area (Å²) in [6.45, 7) is 14.2. The number of nitrogens with zero attached hydrogens (tertiary/aromatic N) is 4. The number of hydrogen-bond donors (Lipinski definition) is 0. The van der Waals surface area contributed by atoms with Gasteiger partial charge in [0.15, 0.2) is 5.79 Å². The molecule has 0 aliphatic carbocycles. The van der Waals surface area contributed by atoms with Crippen molar-refractivity contribution in [2.24, 2.45) is 5.41 Å². The monoisotopic (exact) mass is 464 g/mol. The van der Waals surface area contributed by atoms with E-state index in [1.165, 1.54) is 16.6 Å². The Bertz CT molecular complexity index is 1130. The van der Waals surface area contributed by atoms with Crippen LogP contribution in [-0.4, -0.2) is 51.6 Å². The third-order valence-corrected chi connectivity index (χ3v) is 6.86. The standard InChI is InChI=1S/C27H36N4O3/c1-5-32-16-24-29-22-13-28-23-15-30(14-20-9-7-6-8-10-20)12-11-21(23)25(22)31(24)17-27(4)18-33-26(2,3)34-19-27/h6-10,13H,5,11-12,14-19H2,1-4H3. The number of ether oxygens (including phenoxy) is 3. The molecule has 4 heterocycles. The van der Waals surface area contributed by atoms with Gasteiger partial charge in [0.2, 0.25) is 0 Å². The first-order chi connectivity index (χ1) is 16.4. The Morgan fingerprint density at radius 2 is 1.85 bits per heavy atom. The predicted molar refractivity (Wildman–Crippen MR) is 131 cm³/mol. The smallest absolute Gasteiger partial charge is 0.162 e. The highest BCUT2D eigenvalue weighted by molar-refractivity contribution is 5.80. The molecule has 34 heavy (non-hydrogen) atoms. The zero-order chi connectivity index (χ0) is 23.8. The van der Waals surface area contributed by atoms with Gasteiger partial charge in [0.1, 0.15) is 17.9 Å². The van der Waals surface area contributed by atoms with Crippen LogP contribution in [0.25, 0.3) is 11.0 Å². The molecule has 7 nitrogen and oxygen atoms in total. The van der Waals surface area contributed by atoms with E-state index in [0.717, 1.165) is 49.6 Å². The fourth-order valence-electron chi connectivity index (χ4n) is 4.94. The van der Waals surface area contributed by atoms with Gasteiger partial charge in [0.05, 0.1) is 30.6 Å². The van der Waals surface area contributed by atoms with Crippen molar-refractivity contribution in [3.05, 3.63) is 59.2 Å². The number of fused-ring (bicyclic) bond motifs is 3. The van der Waals surface area contributed by atoms with Crippen molar-refractivity contribution in [1.82, 2.24) is 19.4 Å². The molecule has 1 aromatic carbocycles. The quantitative estimate of drug-likeness (QED) is 0.519. The second-order valence-corrected chi connectivity index (χ2v) is 10.4. The molecule has 0 atom stereocenters. The van der Waals surface area contributed by atoms with E-state index in [2.05, 4.69) is 46.7 Å². The van der Waals surface area contributed by atoms with Crippen molar-refractivity contribution in [3.8, 4) is 0 Å². The summed E-state index contributed by atoms with van der Waals surface area (Å²) in [5.41, 5.74) is 5.81. The zero-order valence-electron chi connectivity index (χ0n) is 20.8. The number of aromatic nitrogens is 3. The van der Waals surface area contributed by atoms with Crippen LogP contribution >= 0.6 is 0 Å². The van der Waals surface area contributed by atoms with E-state index in [9.17, 15) is 0 Å². The average molecular weight is 465 g/mol. The minimum atomic E-state index is -0.532. The highest BCUT2D eigenvalue weighted by Gasteiger charge is 2.38. The first-order valence-electron chi connectivity index (χ1n) is 12.3. The number of rotatable bonds is 7. The van der Waals surface area contributed by atoms with Gasteiger partial charge in [0.25, 0.3) is 0 Å². The maximum absolute atomic E-state index is 6.04. The number of benzene rings is 1. The molecule has 0 saturated carbocycles. The van der Waals surface area contributed by atoms with Crippen molar-refractivity contribution in [3.63, 3.8) is 0 Å². The van der Waals surface area contributed by atoms with Gasteiger partial charge in [-0.15, -0.1) is 0 Å². The molecule has 0 bridgehead atoms. The third kappa shape index (κ3) is 4.89. The molecule has 1 fully saturated rings. The molecule has 182 valence electrons. The van der Waals surface area contributed by atoms with E-state index < -0.39 is 5.79 Å². The SMILES string of the molecule is CCOCc1nc2cnc3c(c2n1CC1(C)COC(C)(C)OC1)CCN(Cc1ccccc1)C3. The highest BCUT2D eigenvalue weighted by Crippen LogP contribution is 2.34. The Balaban J connectivity index is 1.46. The first kappa shape index (κ1) is 23.4.